The number of benzene rings is 2. The molecule has 0 spiro atoms. The molecule has 0 bridgehead atoms. The molecule has 3 aromatic rings. The number of nitrogens with zero attached hydrogens (tertiary/aromatic N) is 1. The van der Waals surface area contributed by atoms with E-state index in [9.17, 15) is 8.42 Å². The van der Waals surface area contributed by atoms with Gasteiger partial charge in [-0.15, -0.1) is 0 Å². The Labute approximate surface area is 129 Å². The Bertz CT molecular complexity index is 929. The predicted molar refractivity (Wildman–Crippen MR) is 86.2 cm³/mol. The van der Waals surface area contributed by atoms with Crippen molar-refractivity contribution >= 4 is 26.7 Å². The zero-order valence-electron chi connectivity index (χ0n) is 12.3. The third-order valence-electron chi connectivity index (χ3n) is 3.56. The first kappa shape index (κ1) is 14.6. The molecule has 5 nitrogen and oxygen atoms in total. The highest BCUT2D eigenvalue weighted by molar-refractivity contribution is 7.91. The highest BCUT2D eigenvalue weighted by atomic mass is 32.2. The van der Waals surface area contributed by atoms with Crippen LogP contribution in [0.3, 0.4) is 0 Å². The summed E-state index contributed by atoms with van der Waals surface area (Å²) in [5.41, 5.74) is 3.69. The van der Waals surface area contributed by atoms with Crippen LogP contribution in [0.15, 0.2) is 47.0 Å². The van der Waals surface area contributed by atoms with Crippen LogP contribution < -0.4 is 4.72 Å². The largest absolute Gasteiger partial charge is 0.356 e. The molecule has 0 aliphatic carbocycles. The molecule has 114 valence electrons. The number of aryl methyl sites for hydroxylation is 2. The number of fused-ring (bicyclic) bond motifs is 1. The lowest BCUT2D eigenvalue weighted by Crippen LogP contribution is -2.15. The Morgan fingerprint density at radius 1 is 1.09 bits per heavy atom. The monoisotopic (exact) mass is 316 g/mol. The van der Waals surface area contributed by atoms with E-state index < -0.39 is 10.0 Å². The fourth-order valence-electron chi connectivity index (χ4n) is 2.24. The highest BCUT2D eigenvalue weighted by Crippen LogP contribution is 2.21. The Balaban J connectivity index is 1.85. The van der Waals surface area contributed by atoms with Crippen molar-refractivity contribution < 1.29 is 12.9 Å². The van der Waals surface area contributed by atoms with Gasteiger partial charge >= 0.3 is 0 Å². The third-order valence-corrected chi connectivity index (χ3v) is 4.76. The van der Waals surface area contributed by atoms with Crippen molar-refractivity contribution in [2.24, 2.45) is 0 Å². The second kappa shape index (κ2) is 5.46. The van der Waals surface area contributed by atoms with Gasteiger partial charge in [0.15, 0.2) is 5.58 Å². The summed E-state index contributed by atoms with van der Waals surface area (Å²) in [6, 6.07) is 12.7. The molecule has 2 aromatic carbocycles. The summed E-state index contributed by atoms with van der Waals surface area (Å²) in [6.07, 6.45) is 0. The number of hydrogen-bond donors (Lipinski definition) is 1. The number of sulfonamides is 1. The molecular weight excluding hydrogens is 300 g/mol. The summed E-state index contributed by atoms with van der Waals surface area (Å²) in [5, 5.41) is 4.58. The molecule has 0 atom stereocenters. The highest BCUT2D eigenvalue weighted by Gasteiger charge is 2.17. The maximum Gasteiger partial charge on any atom is 0.238 e. The number of nitrogens with one attached hydrogen (secondary N) is 1. The van der Waals surface area contributed by atoms with Crippen molar-refractivity contribution in [3.8, 4) is 0 Å². The minimum absolute atomic E-state index is 0.225. The van der Waals surface area contributed by atoms with Crippen LogP contribution in [0.25, 0.3) is 11.0 Å². The maximum absolute atomic E-state index is 12.3. The van der Waals surface area contributed by atoms with Gasteiger partial charge in [-0.25, -0.2) is 8.42 Å². The van der Waals surface area contributed by atoms with Gasteiger partial charge in [0, 0.05) is 11.1 Å². The first-order valence-corrected chi connectivity index (χ1v) is 8.51. The van der Waals surface area contributed by atoms with Crippen LogP contribution >= 0.6 is 0 Å². The smallest absolute Gasteiger partial charge is 0.238 e. The van der Waals surface area contributed by atoms with Crippen molar-refractivity contribution in [2.45, 2.75) is 19.6 Å². The molecule has 6 heteroatoms. The van der Waals surface area contributed by atoms with Gasteiger partial charge in [0.05, 0.1) is 0 Å². The Kier molecular flexibility index (Phi) is 3.62. The molecule has 0 saturated heterocycles. The standard InChI is InChI=1S/C16H16N2O3S/c1-11-7-8-13(9-12(11)2)18-22(19,20)10-15-14-5-3-4-6-16(14)21-17-15/h3-9,18H,10H2,1-2H3. The Morgan fingerprint density at radius 2 is 1.86 bits per heavy atom. The topological polar surface area (TPSA) is 72.2 Å². The fourth-order valence-corrected chi connectivity index (χ4v) is 3.37. The average molecular weight is 316 g/mol. The number of rotatable bonds is 4. The molecule has 0 unspecified atom stereocenters. The molecule has 22 heavy (non-hydrogen) atoms. The van der Waals surface area contributed by atoms with Gasteiger partial charge in [0.25, 0.3) is 0 Å². The molecule has 0 aliphatic rings. The molecule has 1 heterocycles. The minimum atomic E-state index is -3.55. The molecule has 0 saturated carbocycles. The van der Waals surface area contributed by atoms with Gasteiger partial charge in [-0.3, -0.25) is 4.72 Å². The van der Waals surface area contributed by atoms with E-state index in [1.807, 2.05) is 38.1 Å². The van der Waals surface area contributed by atoms with Gasteiger partial charge in [-0.2, -0.15) is 0 Å². The van der Waals surface area contributed by atoms with E-state index in [1.54, 1.807) is 18.2 Å². The summed E-state index contributed by atoms with van der Waals surface area (Å²) < 4.78 is 32.3. The SMILES string of the molecule is Cc1ccc(NS(=O)(=O)Cc2noc3ccccc23)cc1C. The van der Waals surface area contributed by atoms with E-state index >= 15 is 0 Å². The number of hydrogen-bond acceptors (Lipinski definition) is 4. The first-order chi connectivity index (χ1) is 10.4. The van der Waals surface area contributed by atoms with Crippen molar-refractivity contribution in [2.75, 3.05) is 4.72 Å². The molecule has 3 rings (SSSR count). The summed E-state index contributed by atoms with van der Waals surface area (Å²) in [6.45, 7) is 3.92. The average Bonchev–Trinajstić information content (AvgIpc) is 2.85. The van der Waals surface area contributed by atoms with Crippen molar-refractivity contribution in [1.82, 2.24) is 5.16 Å². The van der Waals surface area contributed by atoms with Crippen molar-refractivity contribution in [1.29, 1.82) is 0 Å². The van der Waals surface area contributed by atoms with Gasteiger partial charge in [0.1, 0.15) is 11.4 Å². The maximum atomic E-state index is 12.3. The van der Waals surface area contributed by atoms with E-state index in [0.29, 0.717) is 22.4 Å². The van der Waals surface area contributed by atoms with Crippen molar-refractivity contribution in [3.05, 3.63) is 59.3 Å². The van der Waals surface area contributed by atoms with E-state index in [1.165, 1.54) is 0 Å². The lowest BCUT2D eigenvalue weighted by atomic mass is 10.1. The van der Waals surface area contributed by atoms with E-state index in [4.69, 9.17) is 4.52 Å². The Morgan fingerprint density at radius 3 is 2.64 bits per heavy atom. The summed E-state index contributed by atoms with van der Waals surface area (Å²) in [7, 11) is -3.55. The normalized spacial score (nSPS) is 11.7. The summed E-state index contributed by atoms with van der Waals surface area (Å²) >= 11 is 0. The fraction of sp³-hybridized carbons (Fsp3) is 0.188. The van der Waals surface area contributed by atoms with Gasteiger partial charge in [0.2, 0.25) is 10.0 Å². The zero-order valence-corrected chi connectivity index (χ0v) is 13.1. The lowest BCUT2D eigenvalue weighted by Gasteiger charge is -2.08. The number of anilines is 1. The molecule has 0 radical (unpaired) electrons. The van der Waals surface area contributed by atoms with Gasteiger partial charge in [-0.05, 0) is 49.2 Å². The van der Waals surface area contributed by atoms with E-state index in [2.05, 4.69) is 9.88 Å². The minimum Gasteiger partial charge on any atom is -0.356 e. The van der Waals surface area contributed by atoms with Crippen LogP contribution in [-0.4, -0.2) is 13.6 Å². The number of para-hydroxylation sites is 1. The van der Waals surface area contributed by atoms with Crippen LogP contribution in [0.5, 0.6) is 0 Å². The second-order valence-corrected chi connectivity index (χ2v) is 7.01. The zero-order chi connectivity index (χ0) is 15.7. The molecule has 1 N–H and O–H groups in total. The first-order valence-electron chi connectivity index (χ1n) is 6.86. The van der Waals surface area contributed by atoms with Crippen LogP contribution in [0.4, 0.5) is 5.69 Å². The molecule has 0 fully saturated rings. The quantitative estimate of drug-likeness (QED) is 0.801. The third kappa shape index (κ3) is 2.96. The van der Waals surface area contributed by atoms with E-state index in [-0.39, 0.29) is 5.75 Å². The molecular formula is C16H16N2O3S. The predicted octanol–water partition coefficient (Wildman–Crippen LogP) is 3.39. The number of aromatic nitrogens is 1. The van der Waals surface area contributed by atoms with Crippen molar-refractivity contribution in [3.63, 3.8) is 0 Å². The van der Waals surface area contributed by atoms with Gasteiger partial charge < -0.3 is 4.52 Å². The van der Waals surface area contributed by atoms with Gasteiger partial charge in [-0.1, -0.05) is 23.4 Å². The van der Waals surface area contributed by atoms with Crippen LogP contribution in [0.2, 0.25) is 0 Å². The lowest BCUT2D eigenvalue weighted by molar-refractivity contribution is 0.448. The molecule has 1 aromatic heterocycles. The second-order valence-electron chi connectivity index (χ2n) is 5.29. The van der Waals surface area contributed by atoms with E-state index in [0.717, 1.165) is 11.1 Å². The Hall–Kier alpha value is -2.34. The summed E-state index contributed by atoms with van der Waals surface area (Å²) in [4.78, 5) is 0. The van der Waals surface area contributed by atoms with Crippen LogP contribution in [0.1, 0.15) is 16.8 Å². The summed E-state index contributed by atoms with van der Waals surface area (Å²) in [5.74, 6) is -0.225. The van der Waals surface area contributed by atoms with Crippen LogP contribution in [0, 0.1) is 13.8 Å². The molecule has 0 amide bonds. The molecule has 0 aliphatic heterocycles. The van der Waals surface area contributed by atoms with Crippen LogP contribution in [-0.2, 0) is 15.8 Å².